The van der Waals surface area contributed by atoms with Crippen molar-refractivity contribution in [1.82, 2.24) is 18.8 Å². The van der Waals surface area contributed by atoms with Crippen LogP contribution >= 0.6 is 0 Å². The van der Waals surface area contributed by atoms with Crippen molar-refractivity contribution in [3.05, 3.63) is 48.4 Å². The van der Waals surface area contributed by atoms with Gasteiger partial charge >= 0.3 is 0 Å². The minimum atomic E-state index is -3.51. The molecule has 2 aromatic heterocycles. The lowest BCUT2D eigenvalue weighted by molar-refractivity contribution is 0.0730. The van der Waals surface area contributed by atoms with E-state index in [9.17, 15) is 8.42 Å². The van der Waals surface area contributed by atoms with Gasteiger partial charge in [0, 0.05) is 32.4 Å². The van der Waals surface area contributed by atoms with Crippen LogP contribution in [0.3, 0.4) is 0 Å². The van der Waals surface area contributed by atoms with Gasteiger partial charge in [0.25, 0.3) is 0 Å². The van der Waals surface area contributed by atoms with Crippen LogP contribution in [0.25, 0.3) is 11.0 Å². The number of hydrogen-bond acceptors (Lipinski definition) is 6. The molecular weight excluding hydrogens is 390 g/mol. The Hall–Kier alpha value is -2.49. The number of rotatable bonds is 7. The standard InChI is InChI=1S/C20H25N5O3S/c1-16-23-18-5-2-3-6-19(18)25(16)10-4-9-21-20-8-7-17(15-22-20)29(26,27)24-11-13-28-14-12-24/h2-3,5-8,15H,4,9-14H2,1H3,(H,21,22). The highest BCUT2D eigenvalue weighted by atomic mass is 32.2. The van der Waals surface area contributed by atoms with Crippen LogP contribution in [0.4, 0.5) is 5.82 Å². The molecule has 1 fully saturated rings. The lowest BCUT2D eigenvalue weighted by Gasteiger charge is -2.25. The number of ether oxygens (including phenoxy) is 1. The van der Waals surface area contributed by atoms with Gasteiger partial charge in [-0.25, -0.2) is 18.4 Å². The Morgan fingerprint density at radius 1 is 1.14 bits per heavy atom. The van der Waals surface area contributed by atoms with Crippen molar-refractivity contribution in [2.45, 2.75) is 24.8 Å². The molecule has 3 aromatic rings. The number of nitrogens with zero attached hydrogens (tertiary/aromatic N) is 4. The summed E-state index contributed by atoms with van der Waals surface area (Å²) in [5.41, 5.74) is 2.15. The minimum Gasteiger partial charge on any atom is -0.379 e. The first-order valence-corrected chi connectivity index (χ1v) is 11.2. The zero-order valence-electron chi connectivity index (χ0n) is 16.4. The molecular formula is C20H25N5O3S. The zero-order valence-corrected chi connectivity index (χ0v) is 17.2. The molecule has 0 radical (unpaired) electrons. The zero-order chi connectivity index (χ0) is 20.3. The largest absolute Gasteiger partial charge is 0.379 e. The third kappa shape index (κ3) is 4.26. The summed E-state index contributed by atoms with van der Waals surface area (Å²) in [5.74, 6) is 1.67. The average Bonchev–Trinajstić information content (AvgIpc) is 3.07. The highest BCUT2D eigenvalue weighted by Gasteiger charge is 2.26. The Kier molecular flexibility index (Phi) is 5.79. The van der Waals surface area contributed by atoms with Gasteiger partial charge in [-0.3, -0.25) is 0 Å². The summed E-state index contributed by atoms with van der Waals surface area (Å²) in [7, 11) is -3.51. The van der Waals surface area contributed by atoms with Crippen molar-refractivity contribution in [3.63, 3.8) is 0 Å². The number of aromatic nitrogens is 3. The molecule has 1 saturated heterocycles. The SMILES string of the molecule is Cc1nc2ccccc2n1CCCNc1ccc(S(=O)(=O)N2CCOCC2)cn1. The molecule has 1 aliphatic heterocycles. The Balaban J connectivity index is 1.33. The summed E-state index contributed by atoms with van der Waals surface area (Å²) in [5, 5.41) is 3.26. The molecule has 0 aliphatic carbocycles. The van der Waals surface area contributed by atoms with Gasteiger partial charge in [0.2, 0.25) is 10.0 Å². The van der Waals surface area contributed by atoms with Gasteiger partial charge in [0.05, 0.1) is 24.2 Å². The summed E-state index contributed by atoms with van der Waals surface area (Å²) in [4.78, 5) is 9.07. The Morgan fingerprint density at radius 3 is 2.69 bits per heavy atom. The van der Waals surface area contributed by atoms with Crippen molar-refractivity contribution in [3.8, 4) is 0 Å². The number of fused-ring (bicyclic) bond motifs is 1. The van der Waals surface area contributed by atoms with Gasteiger partial charge in [0.15, 0.2) is 0 Å². The molecule has 0 amide bonds. The summed E-state index contributed by atoms with van der Waals surface area (Å²) >= 11 is 0. The molecule has 1 aliphatic rings. The number of benzene rings is 1. The second-order valence-corrected chi connectivity index (χ2v) is 8.91. The van der Waals surface area contributed by atoms with Crippen molar-refractivity contribution in [2.24, 2.45) is 0 Å². The maximum atomic E-state index is 12.6. The summed E-state index contributed by atoms with van der Waals surface area (Å²) < 4.78 is 34.1. The maximum absolute atomic E-state index is 12.6. The van der Waals surface area contributed by atoms with Crippen LogP contribution in [0, 0.1) is 6.92 Å². The smallest absolute Gasteiger partial charge is 0.244 e. The minimum absolute atomic E-state index is 0.213. The predicted octanol–water partition coefficient (Wildman–Crippen LogP) is 2.26. The van der Waals surface area contributed by atoms with Gasteiger partial charge in [-0.2, -0.15) is 4.31 Å². The van der Waals surface area contributed by atoms with E-state index in [1.165, 1.54) is 10.5 Å². The van der Waals surface area contributed by atoms with E-state index in [0.717, 1.165) is 36.4 Å². The number of pyridine rings is 1. The number of sulfonamides is 1. The number of hydrogen-bond donors (Lipinski definition) is 1. The Bertz CT molecular complexity index is 1070. The van der Waals surface area contributed by atoms with Crippen LogP contribution in [0.2, 0.25) is 0 Å². The average molecular weight is 416 g/mol. The van der Waals surface area contributed by atoms with Gasteiger partial charge in [-0.1, -0.05) is 12.1 Å². The van der Waals surface area contributed by atoms with E-state index in [1.807, 2.05) is 25.1 Å². The van der Waals surface area contributed by atoms with Crippen molar-refractivity contribution in [2.75, 3.05) is 38.2 Å². The van der Waals surface area contributed by atoms with Crippen LogP contribution in [-0.2, 0) is 21.3 Å². The van der Waals surface area contributed by atoms with Gasteiger partial charge in [0.1, 0.15) is 16.5 Å². The first-order chi connectivity index (χ1) is 14.1. The fourth-order valence-electron chi connectivity index (χ4n) is 3.51. The normalized spacial score (nSPS) is 15.6. The predicted molar refractivity (Wildman–Crippen MR) is 111 cm³/mol. The molecule has 0 bridgehead atoms. The molecule has 9 heteroatoms. The third-order valence-electron chi connectivity index (χ3n) is 5.05. The lowest BCUT2D eigenvalue weighted by atomic mass is 10.3. The van der Waals surface area contributed by atoms with E-state index in [0.29, 0.717) is 32.1 Å². The molecule has 1 aromatic carbocycles. The quantitative estimate of drug-likeness (QED) is 0.596. The van der Waals surface area contributed by atoms with Gasteiger partial charge in [-0.15, -0.1) is 0 Å². The number of nitrogens with one attached hydrogen (secondary N) is 1. The number of aryl methyl sites for hydroxylation is 2. The lowest BCUT2D eigenvalue weighted by Crippen LogP contribution is -2.40. The van der Waals surface area contributed by atoms with E-state index in [4.69, 9.17) is 4.74 Å². The fraction of sp³-hybridized carbons (Fsp3) is 0.400. The second kappa shape index (κ2) is 8.48. The first-order valence-electron chi connectivity index (χ1n) is 9.75. The number of anilines is 1. The van der Waals surface area contributed by atoms with Crippen molar-refractivity contribution in [1.29, 1.82) is 0 Å². The molecule has 1 N–H and O–H groups in total. The van der Waals surface area contributed by atoms with Gasteiger partial charge < -0.3 is 14.6 Å². The summed E-state index contributed by atoms with van der Waals surface area (Å²) in [6.07, 6.45) is 2.32. The van der Waals surface area contributed by atoms with Gasteiger partial charge in [-0.05, 0) is 37.6 Å². The topological polar surface area (TPSA) is 89.4 Å². The number of para-hydroxylation sites is 2. The summed E-state index contributed by atoms with van der Waals surface area (Å²) in [6.45, 7) is 5.21. The second-order valence-electron chi connectivity index (χ2n) is 6.98. The third-order valence-corrected chi connectivity index (χ3v) is 6.94. The van der Waals surface area contributed by atoms with E-state index >= 15 is 0 Å². The summed E-state index contributed by atoms with van der Waals surface area (Å²) in [6, 6.07) is 11.4. The fourth-order valence-corrected chi connectivity index (χ4v) is 4.86. The Morgan fingerprint density at radius 2 is 1.93 bits per heavy atom. The maximum Gasteiger partial charge on any atom is 0.244 e. The highest BCUT2D eigenvalue weighted by molar-refractivity contribution is 7.89. The molecule has 0 spiro atoms. The van der Waals surface area contributed by atoms with E-state index < -0.39 is 10.0 Å². The van der Waals surface area contributed by atoms with Crippen LogP contribution in [0.15, 0.2) is 47.5 Å². The van der Waals surface area contributed by atoms with Crippen LogP contribution in [0.5, 0.6) is 0 Å². The first kappa shape index (κ1) is 19.8. The van der Waals surface area contributed by atoms with Crippen LogP contribution in [0.1, 0.15) is 12.2 Å². The molecule has 8 nitrogen and oxygen atoms in total. The molecule has 0 saturated carbocycles. The molecule has 3 heterocycles. The van der Waals surface area contributed by atoms with Crippen LogP contribution < -0.4 is 5.32 Å². The van der Waals surface area contributed by atoms with Crippen molar-refractivity contribution >= 4 is 26.9 Å². The van der Waals surface area contributed by atoms with E-state index in [-0.39, 0.29) is 4.90 Å². The highest BCUT2D eigenvalue weighted by Crippen LogP contribution is 2.18. The molecule has 29 heavy (non-hydrogen) atoms. The molecule has 4 rings (SSSR count). The number of imidazole rings is 1. The van der Waals surface area contributed by atoms with Crippen LogP contribution in [-0.4, -0.2) is 60.1 Å². The Labute approximate surface area is 170 Å². The molecule has 154 valence electrons. The van der Waals surface area contributed by atoms with E-state index in [1.54, 1.807) is 12.1 Å². The molecule has 0 unspecified atom stereocenters. The molecule has 0 atom stereocenters. The van der Waals surface area contributed by atoms with E-state index in [2.05, 4.69) is 25.9 Å². The van der Waals surface area contributed by atoms with Crippen molar-refractivity contribution < 1.29 is 13.2 Å². The number of morpholine rings is 1. The monoisotopic (exact) mass is 415 g/mol.